The highest BCUT2D eigenvalue weighted by atomic mass is 16.6. The molecule has 0 atom stereocenters. The highest BCUT2D eigenvalue weighted by molar-refractivity contribution is 5.70. The number of piperidine rings is 1. The molecule has 17 heavy (non-hydrogen) atoms. The van der Waals surface area contributed by atoms with E-state index in [-0.39, 0.29) is 12.1 Å². The van der Waals surface area contributed by atoms with Gasteiger partial charge in [0.25, 0.3) is 0 Å². The lowest BCUT2D eigenvalue weighted by atomic mass is 10.1. The maximum Gasteiger partial charge on any atom is 0.415 e. The van der Waals surface area contributed by atoms with Crippen LogP contribution < -0.4 is 4.74 Å². The van der Waals surface area contributed by atoms with Crippen LogP contribution in [0.1, 0.15) is 12.8 Å². The molecule has 5 heteroatoms. The Kier molecular flexibility index (Phi) is 3.69. The maximum absolute atomic E-state index is 11.8. The normalized spacial score (nSPS) is 16.6. The largest absolute Gasteiger partial charge is 0.415 e. The summed E-state index contributed by atoms with van der Waals surface area (Å²) >= 11 is 0. The molecule has 90 valence electrons. The molecule has 1 aliphatic rings. The molecule has 0 radical (unpaired) electrons. The Morgan fingerprint density at radius 1 is 1.24 bits per heavy atom. The van der Waals surface area contributed by atoms with Crippen molar-refractivity contribution in [1.29, 1.82) is 0 Å². The maximum atomic E-state index is 11.8. The van der Waals surface area contributed by atoms with Gasteiger partial charge in [0.05, 0.1) is 6.04 Å². The Morgan fingerprint density at radius 2 is 1.88 bits per heavy atom. The van der Waals surface area contributed by atoms with Gasteiger partial charge in [0.15, 0.2) is 0 Å². The van der Waals surface area contributed by atoms with Crippen molar-refractivity contribution in [2.45, 2.75) is 18.9 Å². The van der Waals surface area contributed by atoms with E-state index in [1.165, 1.54) is 0 Å². The van der Waals surface area contributed by atoms with Crippen molar-refractivity contribution in [3.63, 3.8) is 0 Å². The highest BCUT2D eigenvalue weighted by Crippen LogP contribution is 2.16. The summed E-state index contributed by atoms with van der Waals surface area (Å²) in [6.07, 6.45) is 0.876. The van der Waals surface area contributed by atoms with Gasteiger partial charge in [-0.3, -0.25) is 0 Å². The van der Waals surface area contributed by atoms with E-state index in [1.54, 1.807) is 17.0 Å². The summed E-state index contributed by atoms with van der Waals surface area (Å²) in [5, 5.41) is 3.00. The fourth-order valence-corrected chi connectivity index (χ4v) is 1.81. The molecule has 0 saturated carbocycles. The van der Waals surface area contributed by atoms with E-state index in [0.717, 1.165) is 0 Å². The van der Waals surface area contributed by atoms with Crippen molar-refractivity contribution < 1.29 is 9.53 Å². The molecule has 1 heterocycles. The van der Waals surface area contributed by atoms with Gasteiger partial charge in [0.1, 0.15) is 5.75 Å². The van der Waals surface area contributed by atoms with Gasteiger partial charge in [-0.1, -0.05) is 23.4 Å². The zero-order valence-corrected chi connectivity index (χ0v) is 9.41. The number of para-hydroxylation sites is 1. The average Bonchev–Trinajstić information content (AvgIpc) is 2.40. The van der Waals surface area contributed by atoms with Crippen molar-refractivity contribution in [1.82, 2.24) is 4.90 Å². The summed E-state index contributed by atoms with van der Waals surface area (Å²) in [5.74, 6) is 0.535. The molecule has 0 aliphatic carbocycles. The first-order valence-electron chi connectivity index (χ1n) is 5.64. The van der Waals surface area contributed by atoms with Gasteiger partial charge < -0.3 is 9.64 Å². The Bertz CT molecular complexity index is 386. The Labute approximate surface area is 99.3 Å². The smallest absolute Gasteiger partial charge is 0.410 e. The number of amides is 1. The molecule has 0 spiro atoms. The molecule has 1 fully saturated rings. The molecule has 1 aliphatic heterocycles. The summed E-state index contributed by atoms with van der Waals surface area (Å²) < 4.78 is 5.20. The molecule has 0 unspecified atom stereocenters. The van der Waals surface area contributed by atoms with Crippen molar-refractivity contribution in [2.75, 3.05) is 13.1 Å². The zero-order chi connectivity index (χ0) is 12.1. The predicted molar refractivity (Wildman–Crippen MR) is 62.9 cm³/mol. The number of hydrogen-bond acceptors (Lipinski definition) is 4. The van der Waals surface area contributed by atoms with Crippen molar-refractivity contribution in [3.05, 3.63) is 35.2 Å². The van der Waals surface area contributed by atoms with E-state index in [4.69, 9.17) is 4.74 Å². The third kappa shape index (κ3) is 3.03. The number of nitroso groups, excluding NO2 is 1. The third-order valence-corrected chi connectivity index (χ3v) is 2.82. The Hall–Kier alpha value is -1.91. The number of likely N-dealkylation sites (tertiary alicyclic amines) is 1. The van der Waals surface area contributed by atoms with Crippen LogP contribution in [0.2, 0.25) is 0 Å². The van der Waals surface area contributed by atoms with E-state index >= 15 is 0 Å². The van der Waals surface area contributed by atoms with E-state index in [2.05, 4.69) is 5.18 Å². The molecule has 1 amide bonds. The number of hydrogen-bond donors (Lipinski definition) is 0. The van der Waals surface area contributed by atoms with E-state index in [0.29, 0.717) is 31.7 Å². The van der Waals surface area contributed by atoms with Crippen LogP contribution in [0.4, 0.5) is 4.79 Å². The SMILES string of the molecule is O=NC1CCN(C(=O)Oc2ccccc2)CC1. The standard InChI is InChI=1S/C12H14N2O3/c15-12(17-11-4-2-1-3-5-11)14-8-6-10(13-16)7-9-14/h1-5,10H,6-9H2. The average molecular weight is 234 g/mol. The second-order valence-corrected chi connectivity index (χ2v) is 4.00. The minimum absolute atomic E-state index is 0.157. The highest BCUT2D eigenvalue weighted by Gasteiger charge is 2.24. The van der Waals surface area contributed by atoms with Crippen LogP contribution in [-0.2, 0) is 0 Å². The number of carbonyl (C=O) groups excluding carboxylic acids is 1. The summed E-state index contributed by atoms with van der Waals surface area (Å²) in [4.78, 5) is 23.7. The van der Waals surface area contributed by atoms with Gasteiger partial charge in [-0.05, 0) is 25.0 Å². The van der Waals surface area contributed by atoms with E-state index < -0.39 is 0 Å². The van der Waals surface area contributed by atoms with Crippen molar-refractivity contribution in [2.24, 2.45) is 5.18 Å². The zero-order valence-electron chi connectivity index (χ0n) is 9.41. The summed E-state index contributed by atoms with van der Waals surface area (Å²) in [5.41, 5.74) is 0. The van der Waals surface area contributed by atoms with Crippen LogP contribution in [0.3, 0.4) is 0 Å². The first-order chi connectivity index (χ1) is 8.29. The number of benzene rings is 1. The number of ether oxygens (including phenoxy) is 1. The number of carbonyl (C=O) groups is 1. The van der Waals surface area contributed by atoms with Crippen LogP contribution in [0, 0.1) is 4.91 Å². The van der Waals surface area contributed by atoms with E-state index in [1.807, 2.05) is 18.2 Å². The summed E-state index contributed by atoms with van der Waals surface area (Å²) in [7, 11) is 0. The Balaban J connectivity index is 1.87. The molecule has 2 rings (SSSR count). The van der Waals surface area contributed by atoms with E-state index in [9.17, 15) is 9.70 Å². The quantitative estimate of drug-likeness (QED) is 0.738. The fraction of sp³-hybridized carbons (Fsp3) is 0.417. The first-order valence-corrected chi connectivity index (χ1v) is 5.64. The van der Waals surface area contributed by atoms with Crippen LogP contribution >= 0.6 is 0 Å². The molecule has 1 aromatic carbocycles. The summed E-state index contributed by atoms with van der Waals surface area (Å²) in [6, 6.07) is 8.79. The molecular weight excluding hydrogens is 220 g/mol. The second kappa shape index (κ2) is 5.43. The minimum Gasteiger partial charge on any atom is -0.410 e. The van der Waals surface area contributed by atoms with Gasteiger partial charge >= 0.3 is 6.09 Å². The summed E-state index contributed by atoms with van der Waals surface area (Å²) in [6.45, 7) is 1.06. The molecule has 5 nitrogen and oxygen atoms in total. The monoisotopic (exact) mass is 234 g/mol. The lowest BCUT2D eigenvalue weighted by molar-refractivity contribution is 0.139. The predicted octanol–water partition coefficient (Wildman–Crippen LogP) is 2.42. The third-order valence-electron chi connectivity index (χ3n) is 2.82. The number of rotatable bonds is 2. The van der Waals surface area contributed by atoms with Crippen LogP contribution in [0.25, 0.3) is 0 Å². The second-order valence-electron chi connectivity index (χ2n) is 4.00. The van der Waals surface area contributed by atoms with Gasteiger partial charge in [-0.25, -0.2) is 4.79 Å². The molecule has 0 N–H and O–H groups in total. The van der Waals surface area contributed by atoms with Gasteiger partial charge in [-0.2, -0.15) is 4.91 Å². The van der Waals surface area contributed by atoms with Gasteiger partial charge in [0, 0.05) is 13.1 Å². The molecule has 0 bridgehead atoms. The van der Waals surface area contributed by atoms with Crippen LogP contribution in [0.15, 0.2) is 35.5 Å². The molecular formula is C12H14N2O3. The lowest BCUT2D eigenvalue weighted by Gasteiger charge is -2.27. The number of nitrogens with zero attached hydrogens (tertiary/aromatic N) is 2. The Morgan fingerprint density at radius 3 is 2.47 bits per heavy atom. The molecule has 1 aromatic rings. The van der Waals surface area contributed by atoms with Gasteiger partial charge in [-0.15, -0.1) is 0 Å². The molecule has 1 saturated heterocycles. The van der Waals surface area contributed by atoms with Crippen LogP contribution in [-0.4, -0.2) is 30.1 Å². The lowest BCUT2D eigenvalue weighted by Crippen LogP contribution is -2.41. The van der Waals surface area contributed by atoms with Gasteiger partial charge in [0.2, 0.25) is 0 Å². The van der Waals surface area contributed by atoms with Crippen LogP contribution in [0.5, 0.6) is 5.75 Å². The fourth-order valence-electron chi connectivity index (χ4n) is 1.81. The molecule has 0 aromatic heterocycles. The van der Waals surface area contributed by atoms with Crippen molar-refractivity contribution in [3.8, 4) is 5.75 Å². The first kappa shape index (κ1) is 11.6. The topological polar surface area (TPSA) is 59.0 Å². The minimum atomic E-state index is -0.361. The van der Waals surface area contributed by atoms with Crippen molar-refractivity contribution >= 4 is 6.09 Å².